The Labute approximate surface area is 217 Å². The predicted molar refractivity (Wildman–Crippen MR) is 141 cm³/mol. The Kier molecular flexibility index (Phi) is 8.14. The molecule has 1 N–H and O–H groups in total. The Hall–Kier alpha value is -3.95. The molecule has 1 heterocycles. The molecule has 0 fully saturated rings. The zero-order chi connectivity index (χ0) is 25.5. The summed E-state index contributed by atoms with van der Waals surface area (Å²) in [5, 5.41) is 14.1. The first kappa shape index (κ1) is 25.2. The van der Waals surface area contributed by atoms with E-state index in [9.17, 15) is 9.59 Å². The van der Waals surface area contributed by atoms with Crippen LogP contribution in [0, 0.1) is 0 Å². The molecule has 0 spiro atoms. The first-order chi connectivity index (χ1) is 17.4. The first-order valence-electron chi connectivity index (χ1n) is 10.9. The van der Waals surface area contributed by atoms with E-state index in [1.54, 1.807) is 43.3 Å². The fraction of sp³-hybridized carbons (Fsp3) is 0.115. The van der Waals surface area contributed by atoms with E-state index in [2.05, 4.69) is 20.7 Å². The molecular weight excluding hydrogens is 498 g/mol. The Morgan fingerprint density at radius 3 is 2.33 bits per heavy atom. The Bertz CT molecular complexity index is 1390. The van der Waals surface area contributed by atoms with Crippen molar-refractivity contribution in [3.8, 4) is 22.8 Å². The number of thioether (sulfide) groups is 1. The van der Waals surface area contributed by atoms with Crippen LogP contribution < -0.4 is 10.2 Å². The quantitative estimate of drug-likeness (QED) is 0.114. The molecule has 36 heavy (non-hydrogen) atoms. The van der Waals surface area contributed by atoms with Crippen LogP contribution in [-0.4, -0.2) is 38.1 Å². The molecule has 4 aromatic rings. The molecule has 0 radical (unpaired) electrons. The highest BCUT2D eigenvalue weighted by molar-refractivity contribution is 7.99. The molecule has 0 bridgehead atoms. The van der Waals surface area contributed by atoms with Gasteiger partial charge in [-0.05, 0) is 61.0 Å². The molecule has 182 valence electrons. The number of amides is 1. The fourth-order valence-electron chi connectivity index (χ4n) is 3.26. The molecule has 0 atom stereocenters. The highest BCUT2D eigenvalue weighted by atomic mass is 35.5. The van der Waals surface area contributed by atoms with Crippen molar-refractivity contribution in [2.75, 3.05) is 5.75 Å². The number of carbonyl (C=O) groups excluding carboxylic acids is 2. The highest BCUT2D eigenvalue weighted by Gasteiger charge is 2.17. The van der Waals surface area contributed by atoms with Crippen LogP contribution in [0.4, 0.5) is 0 Å². The molecule has 4 rings (SSSR count). The molecule has 8 nitrogen and oxygen atoms in total. The number of esters is 1. The number of aromatic nitrogens is 3. The van der Waals surface area contributed by atoms with Crippen molar-refractivity contribution < 1.29 is 14.3 Å². The van der Waals surface area contributed by atoms with Crippen molar-refractivity contribution >= 4 is 41.0 Å². The molecule has 0 unspecified atom stereocenters. The summed E-state index contributed by atoms with van der Waals surface area (Å²) in [6.45, 7) is 3.12. The SMILES string of the molecule is CC(=O)Oc1ccc(/C(C)=N/NC(=O)CSc2nnc(-c3ccccc3)n2-c2ccc(Cl)cc2)cc1. The maximum atomic E-state index is 12.5. The second-order valence-corrected chi connectivity index (χ2v) is 9.00. The van der Waals surface area contributed by atoms with Gasteiger partial charge in [0.25, 0.3) is 5.91 Å². The van der Waals surface area contributed by atoms with E-state index >= 15 is 0 Å². The monoisotopic (exact) mass is 519 g/mol. The van der Waals surface area contributed by atoms with Crippen LogP contribution >= 0.6 is 23.4 Å². The van der Waals surface area contributed by atoms with Gasteiger partial charge in [0, 0.05) is 23.2 Å². The van der Waals surface area contributed by atoms with E-state index in [1.165, 1.54) is 18.7 Å². The normalized spacial score (nSPS) is 11.2. The number of nitrogens with one attached hydrogen (secondary N) is 1. The van der Waals surface area contributed by atoms with Crippen LogP contribution in [0.1, 0.15) is 19.4 Å². The van der Waals surface area contributed by atoms with Crippen LogP contribution in [0.5, 0.6) is 5.75 Å². The number of carbonyl (C=O) groups is 2. The number of hydrogen-bond acceptors (Lipinski definition) is 7. The van der Waals surface area contributed by atoms with Crippen LogP contribution in [-0.2, 0) is 9.59 Å². The average Bonchev–Trinajstić information content (AvgIpc) is 3.31. The number of hydrogen-bond donors (Lipinski definition) is 1. The number of hydrazone groups is 1. The summed E-state index contributed by atoms with van der Waals surface area (Å²) >= 11 is 7.33. The molecule has 1 aromatic heterocycles. The van der Waals surface area contributed by atoms with Gasteiger partial charge in [-0.3, -0.25) is 14.2 Å². The highest BCUT2D eigenvalue weighted by Crippen LogP contribution is 2.28. The second kappa shape index (κ2) is 11.7. The van der Waals surface area contributed by atoms with Crippen molar-refractivity contribution in [1.82, 2.24) is 20.2 Å². The molecule has 10 heteroatoms. The minimum Gasteiger partial charge on any atom is -0.427 e. The van der Waals surface area contributed by atoms with E-state index in [0.29, 0.717) is 27.5 Å². The molecule has 1 amide bonds. The zero-order valence-corrected chi connectivity index (χ0v) is 21.1. The Balaban J connectivity index is 1.46. The molecule has 0 aliphatic heterocycles. The lowest BCUT2D eigenvalue weighted by Gasteiger charge is -2.10. The van der Waals surface area contributed by atoms with E-state index in [1.807, 2.05) is 47.0 Å². The largest absolute Gasteiger partial charge is 0.427 e. The van der Waals surface area contributed by atoms with Gasteiger partial charge < -0.3 is 4.74 Å². The molecule has 0 aliphatic rings. The van der Waals surface area contributed by atoms with Crippen molar-refractivity contribution in [3.63, 3.8) is 0 Å². The molecule has 3 aromatic carbocycles. The number of halogens is 1. The molecule has 0 saturated heterocycles. The van der Waals surface area contributed by atoms with Crippen LogP contribution in [0.2, 0.25) is 5.02 Å². The van der Waals surface area contributed by atoms with E-state index in [-0.39, 0.29) is 17.6 Å². The van der Waals surface area contributed by atoms with Crippen molar-refractivity contribution in [2.45, 2.75) is 19.0 Å². The maximum Gasteiger partial charge on any atom is 0.308 e. The Morgan fingerprint density at radius 1 is 0.972 bits per heavy atom. The summed E-state index contributed by atoms with van der Waals surface area (Å²) < 4.78 is 6.92. The van der Waals surface area contributed by atoms with Gasteiger partial charge in [-0.2, -0.15) is 5.10 Å². The van der Waals surface area contributed by atoms with Gasteiger partial charge in [0.05, 0.1) is 11.5 Å². The summed E-state index contributed by atoms with van der Waals surface area (Å²) in [6.07, 6.45) is 0. The van der Waals surface area contributed by atoms with Crippen LogP contribution in [0.3, 0.4) is 0 Å². The van der Waals surface area contributed by atoms with Gasteiger partial charge in [0.2, 0.25) is 0 Å². The first-order valence-corrected chi connectivity index (χ1v) is 12.3. The lowest BCUT2D eigenvalue weighted by molar-refractivity contribution is -0.131. The lowest BCUT2D eigenvalue weighted by Crippen LogP contribution is -2.21. The van der Waals surface area contributed by atoms with Gasteiger partial charge in [0.1, 0.15) is 5.75 Å². The number of ether oxygens (including phenoxy) is 1. The third-order valence-electron chi connectivity index (χ3n) is 4.96. The van der Waals surface area contributed by atoms with E-state index in [0.717, 1.165) is 16.8 Å². The third-order valence-corrected chi connectivity index (χ3v) is 6.15. The lowest BCUT2D eigenvalue weighted by atomic mass is 10.1. The zero-order valence-electron chi connectivity index (χ0n) is 19.5. The molecule has 0 aliphatic carbocycles. The van der Waals surface area contributed by atoms with E-state index < -0.39 is 0 Å². The van der Waals surface area contributed by atoms with Crippen molar-refractivity contribution in [1.29, 1.82) is 0 Å². The second-order valence-electron chi connectivity index (χ2n) is 7.62. The van der Waals surface area contributed by atoms with Gasteiger partial charge in [0.15, 0.2) is 11.0 Å². The third kappa shape index (κ3) is 6.38. The summed E-state index contributed by atoms with van der Waals surface area (Å²) in [4.78, 5) is 23.6. The topological polar surface area (TPSA) is 98.5 Å². The Morgan fingerprint density at radius 2 is 1.67 bits per heavy atom. The standard InChI is InChI=1S/C26H22ClN5O3S/c1-17(19-8-14-23(15-9-19)35-18(2)33)28-29-24(34)16-36-26-31-30-25(20-6-4-3-5-7-20)32(26)22-12-10-21(27)11-13-22/h3-15H,16H2,1-2H3,(H,29,34)/b28-17+. The van der Waals surface area contributed by atoms with Crippen LogP contribution in [0.25, 0.3) is 17.1 Å². The van der Waals surface area contributed by atoms with Crippen molar-refractivity contribution in [3.05, 3.63) is 89.4 Å². The summed E-state index contributed by atoms with van der Waals surface area (Å²) in [5.74, 6) is 0.511. The van der Waals surface area contributed by atoms with Crippen LogP contribution in [0.15, 0.2) is 89.1 Å². The summed E-state index contributed by atoms with van der Waals surface area (Å²) in [5.41, 5.74) is 5.70. The molecule has 0 saturated carbocycles. The maximum absolute atomic E-state index is 12.5. The predicted octanol–water partition coefficient (Wildman–Crippen LogP) is 5.15. The van der Waals surface area contributed by atoms with Gasteiger partial charge in [-0.15, -0.1) is 10.2 Å². The number of rotatable bonds is 8. The number of benzene rings is 3. The van der Waals surface area contributed by atoms with E-state index in [4.69, 9.17) is 16.3 Å². The van der Waals surface area contributed by atoms with Gasteiger partial charge in [-0.1, -0.05) is 53.7 Å². The minimum absolute atomic E-state index is 0.0860. The van der Waals surface area contributed by atoms with Crippen molar-refractivity contribution in [2.24, 2.45) is 5.10 Å². The molecular formula is C26H22ClN5O3S. The van der Waals surface area contributed by atoms with Gasteiger partial charge in [-0.25, -0.2) is 5.43 Å². The smallest absolute Gasteiger partial charge is 0.308 e. The summed E-state index contributed by atoms with van der Waals surface area (Å²) in [6, 6.07) is 23.9. The fourth-order valence-corrected chi connectivity index (χ4v) is 4.13. The minimum atomic E-state index is -0.388. The average molecular weight is 520 g/mol. The van der Waals surface area contributed by atoms with Gasteiger partial charge >= 0.3 is 5.97 Å². The summed E-state index contributed by atoms with van der Waals surface area (Å²) in [7, 11) is 0. The number of nitrogens with zero attached hydrogens (tertiary/aromatic N) is 4.